The Kier molecular flexibility index (Phi) is 15.3. The van der Waals surface area contributed by atoms with Gasteiger partial charge < -0.3 is 38.8 Å². The van der Waals surface area contributed by atoms with E-state index in [-0.39, 0.29) is 0 Å². The third-order valence-electron chi connectivity index (χ3n) is 2.53. The predicted molar refractivity (Wildman–Crippen MR) is 105 cm³/mol. The number of para-hydroxylation sites is 2. The molecule has 0 spiro atoms. The Morgan fingerprint density at radius 1 is 0.633 bits per heavy atom. The number of phosphoric acid groups is 2. The van der Waals surface area contributed by atoms with E-state index < -0.39 is 15.6 Å². The molecule has 12 nitrogen and oxygen atoms in total. The van der Waals surface area contributed by atoms with Gasteiger partial charge in [-0.15, -0.1) is 0 Å². The summed E-state index contributed by atoms with van der Waals surface area (Å²) in [5.41, 5.74) is 1.18. The van der Waals surface area contributed by atoms with Gasteiger partial charge in [0.05, 0.1) is 25.3 Å². The van der Waals surface area contributed by atoms with Crippen molar-refractivity contribution in [2.75, 3.05) is 14.2 Å². The quantitative estimate of drug-likeness (QED) is 0.276. The number of carbonyl (C=O) groups excluding carboxylic acids is 2. The van der Waals surface area contributed by atoms with Crippen LogP contribution in [0.5, 0.6) is 11.5 Å². The van der Waals surface area contributed by atoms with Crippen LogP contribution in [0.4, 0.5) is 0 Å². The molecule has 0 aromatic heterocycles. The van der Waals surface area contributed by atoms with Crippen molar-refractivity contribution in [2.45, 2.75) is 0 Å². The van der Waals surface area contributed by atoms with Crippen LogP contribution in [0.25, 0.3) is 0 Å². The molecule has 0 aliphatic carbocycles. The van der Waals surface area contributed by atoms with Gasteiger partial charge in [-0.3, -0.25) is 9.59 Å². The highest BCUT2D eigenvalue weighted by molar-refractivity contribution is 7.45. The highest BCUT2D eigenvalue weighted by atomic mass is 31.2. The molecule has 0 amide bonds. The van der Waals surface area contributed by atoms with Gasteiger partial charge in [-0.1, -0.05) is 24.3 Å². The normalized spacial score (nSPS) is 9.87. The molecular formula is C16H22O12P2. The van der Waals surface area contributed by atoms with E-state index in [4.69, 9.17) is 48.0 Å². The van der Waals surface area contributed by atoms with Crippen LogP contribution in [-0.4, -0.2) is 56.2 Å². The third-order valence-corrected chi connectivity index (χ3v) is 2.53. The average Bonchev–Trinajstić information content (AvgIpc) is 2.65. The van der Waals surface area contributed by atoms with Crippen molar-refractivity contribution in [3.63, 3.8) is 0 Å². The summed E-state index contributed by atoms with van der Waals surface area (Å²) in [4.78, 5) is 63.7. The van der Waals surface area contributed by atoms with Crippen LogP contribution in [0.1, 0.15) is 20.7 Å². The van der Waals surface area contributed by atoms with Crippen molar-refractivity contribution in [1.29, 1.82) is 0 Å². The lowest BCUT2D eigenvalue weighted by molar-refractivity contribution is 0.111. The van der Waals surface area contributed by atoms with E-state index in [0.29, 0.717) is 22.6 Å². The largest absolute Gasteiger partial charge is 0.496 e. The second-order valence-corrected chi connectivity index (χ2v) is 6.80. The summed E-state index contributed by atoms with van der Waals surface area (Å²) < 4.78 is 27.6. The zero-order chi connectivity index (χ0) is 23.8. The van der Waals surface area contributed by atoms with Crippen LogP contribution >= 0.6 is 15.6 Å². The molecule has 168 valence electrons. The summed E-state index contributed by atoms with van der Waals surface area (Å²) in [6.07, 6.45) is 1.55. The maximum absolute atomic E-state index is 10.3. The van der Waals surface area contributed by atoms with Gasteiger partial charge in [0.2, 0.25) is 0 Å². The molecule has 0 atom stereocenters. The van der Waals surface area contributed by atoms with E-state index in [2.05, 4.69) is 0 Å². The summed E-state index contributed by atoms with van der Waals surface area (Å²) in [7, 11) is -6.19. The van der Waals surface area contributed by atoms with Crippen LogP contribution in [-0.2, 0) is 9.13 Å². The van der Waals surface area contributed by atoms with E-state index in [0.717, 1.165) is 12.6 Å². The third kappa shape index (κ3) is 20.3. The van der Waals surface area contributed by atoms with Gasteiger partial charge in [0.15, 0.2) is 12.6 Å². The first-order valence-electron chi connectivity index (χ1n) is 7.49. The molecule has 2 rings (SSSR count). The van der Waals surface area contributed by atoms with Crippen molar-refractivity contribution in [3.05, 3.63) is 59.7 Å². The molecule has 14 heteroatoms. The molecular weight excluding hydrogens is 446 g/mol. The fourth-order valence-electron chi connectivity index (χ4n) is 1.53. The van der Waals surface area contributed by atoms with Gasteiger partial charge in [0.25, 0.3) is 0 Å². The number of carbonyl (C=O) groups is 2. The highest BCUT2D eigenvalue weighted by Gasteiger charge is 2.01. The average molecular weight is 468 g/mol. The summed E-state index contributed by atoms with van der Waals surface area (Å²) >= 11 is 0. The Balaban J connectivity index is 0. The van der Waals surface area contributed by atoms with E-state index in [1.165, 1.54) is 0 Å². The molecule has 0 aliphatic rings. The Labute approximate surface area is 171 Å². The van der Waals surface area contributed by atoms with Crippen molar-refractivity contribution in [1.82, 2.24) is 0 Å². The Morgan fingerprint density at radius 3 is 1.03 bits per heavy atom. The van der Waals surface area contributed by atoms with Gasteiger partial charge in [-0.2, -0.15) is 0 Å². The van der Waals surface area contributed by atoms with Crippen LogP contribution in [0.15, 0.2) is 48.5 Å². The summed E-state index contributed by atoms with van der Waals surface area (Å²) in [6.45, 7) is 0. The van der Waals surface area contributed by atoms with Crippen LogP contribution in [0.3, 0.4) is 0 Å². The molecule has 0 bridgehead atoms. The second-order valence-electron chi connectivity index (χ2n) is 4.75. The maximum atomic E-state index is 10.3. The number of methoxy groups -OCH3 is 2. The lowest BCUT2D eigenvalue weighted by Crippen LogP contribution is -1.88. The summed E-state index contributed by atoms with van der Waals surface area (Å²) in [5.74, 6) is 1.25. The van der Waals surface area contributed by atoms with E-state index >= 15 is 0 Å². The molecule has 2 aromatic carbocycles. The zero-order valence-electron chi connectivity index (χ0n) is 15.8. The lowest BCUT2D eigenvalue weighted by atomic mass is 10.2. The molecule has 0 heterocycles. The Hall–Kier alpha value is -2.40. The highest BCUT2D eigenvalue weighted by Crippen LogP contribution is 2.26. The molecule has 0 fully saturated rings. The summed E-state index contributed by atoms with van der Waals surface area (Å²) in [6, 6.07) is 14.2. The molecule has 2 aromatic rings. The first kappa shape index (κ1) is 29.8. The van der Waals surface area contributed by atoms with Crippen LogP contribution < -0.4 is 9.47 Å². The molecule has 0 unspecified atom stereocenters. The fraction of sp³-hybridized carbons (Fsp3) is 0.125. The minimum Gasteiger partial charge on any atom is -0.496 e. The molecule has 6 N–H and O–H groups in total. The maximum Gasteiger partial charge on any atom is 0.466 e. The fourth-order valence-corrected chi connectivity index (χ4v) is 1.53. The number of hydrogen-bond acceptors (Lipinski definition) is 6. The van der Waals surface area contributed by atoms with Crippen molar-refractivity contribution in [2.24, 2.45) is 0 Å². The van der Waals surface area contributed by atoms with Crippen LogP contribution in [0.2, 0.25) is 0 Å². The van der Waals surface area contributed by atoms with E-state index in [1.54, 1.807) is 50.6 Å². The standard InChI is InChI=1S/2C8H8O2.2H3O4P/c2*1-10-8-5-3-2-4-7(8)6-9;2*1-5(2,3)4/h2*2-6H,1H3;2*(H3,1,2,3,4). The molecule has 0 aliphatic heterocycles. The molecule has 0 saturated carbocycles. The van der Waals surface area contributed by atoms with Crippen molar-refractivity contribution in [3.8, 4) is 11.5 Å². The molecule has 30 heavy (non-hydrogen) atoms. The van der Waals surface area contributed by atoms with Gasteiger partial charge in [-0.25, -0.2) is 9.13 Å². The van der Waals surface area contributed by atoms with Gasteiger partial charge in [-0.05, 0) is 24.3 Å². The first-order valence-corrected chi connectivity index (χ1v) is 10.6. The van der Waals surface area contributed by atoms with E-state index in [9.17, 15) is 9.59 Å². The minimum absolute atomic E-state index is 0.588. The van der Waals surface area contributed by atoms with Gasteiger partial charge in [0.1, 0.15) is 11.5 Å². The zero-order valence-corrected chi connectivity index (χ0v) is 17.6. The van der Waals surface area contributed by atoms with Gasteiger partial charge in [0, 0.05) is 0 Å². The van der Waals surface area contributed by atoms with Crippen LogP contribution in [0, 0.1) is 0 Å². The lowest BCUT2D eigenvalue weighted by Gasteiger charge is -1.99. The summed E-state index contributed by atoms with van der Waals surface area (Å²) in [5, 5.41) is 0. The molecule has 0 saturated heterocycles. The number of benzene rings is 2. The monoisotopic (exact) mass is 468 g/mol. The second kappa shape index (κ2) is 15.4. The van der Waals surface area contributed by atoms with Gasteiger partial charge >= 0.3 is 15.6 Å². The number of ether oxygens (including phenoxy) is 2. The Bertz CT molecular complexity index is 771. The van der Waals surface area contributed by atoms with Crippen molar-refractivity contribution < 1.29 is 57.6 Å². The van der Waals surface area contributed by atoms with E-state index in [1.807, 2.05) is 12.1 Å². The predicted octanol–water partition coefficient (Wildman–Crippen LogP) is 1.16. The number of aldehydes is 2. The topological polar surface area (TPSA) is 208 Å². The first-order chi connectivity index (χ1) is 13.8. The Morgan fingerprint density at radius 2 is 0.867 bits per heavy atom. The smallest absolute Gasteiger partial charge is 0.466 e. The minimum atomic E-state index is -4.64. The van der Waals surface area contributed by atoms with Crippen molar-refractivity contribution >= 4 is 28.2 Å². The molecule has 0 radical (unpaired) electrons. The number of hydrogen-bond donors (Lipinski definition) is 6. The SMILES string of the molecule is COc1ccccc1C=O.COc1ccccc1C=O.O=P(O)(O)O.O=P(O)(O)O. The number of rotatable bonds is 4.